The second-order valence-corrected chi connectivity index (χ2v) is 7.78. The Bertz CT molecular complexity index is 924. The van der Waals surface area contributed by atoms with Gasteiger partial charge in [0.25, 0.3) is 0 Å². The molecule has 2 atom stereocenters. The van der Waals surface area contributed by atoms with E-state index in [2.05, 4.69) is 5.32 Å². The second kappa shape index (κ2) is 10.1. The fraction of sp³-hybridized carbons (Fsp3) is 0.375. The quantitative estimate of drug-likeness (QED) is 0.659. The highest BCUT2D eigenvalue weighted by Gasteiger charge is 2.35. The average Bonchev–Trinajstić information content (AvgIpc) is 3.15. The molecule has 2 amide bonds. The Labute approximate surface area is 182 Å². The van der Waals surface area contributed by atoms with E-state index in [1.54, 1.807) is 36.3 Å². The maximum absolute atomic E-state index is 12.9. The number of hydrogen-bond donors (Lipinski definition) is 1. The number of methoxy groups -OCH3 is 2. The topological polar surface area (TPSA) is 84.9 Å². The summed E-state index contributed by atoms with van der Waals surface area (Å²) in [5.74, 6) is -0.500. The average molecular weight is 424 g/mol. The lowest BCUT2D eigenvalue weighted by Gasteiger charge is -2.21. The highest BCUT2D eigenvalue weighted by atomic mass is 16.5. The Kier molecular flexibility index (Phi) is 7.28. The summed E-state index contributed by atoms with van der Waals surface area (Å²) in [4.78, 5) is 39.0. The Balaban J connectivity index is 1.66. The second-order valence-electron chi connectivity index (χ2n) is 7.78. The lowest BCUT2D eigenvalue weighted by Crippen LogP contribution is -2.36. The van der Waals surface area contributed by atoms with Crippen molar-refractivity contribution in [2.75, 3.05) is 20.8 Å². The van der Waals surface area contributed by atoms with Gasteiger partial charge in [-0.3, -0.25) is 14.4 Å². The van der Waals surface area contributed by atoms with Gasteiger partial charge in [0, 0.05) is 19.5 Å². The zero-order valence-electron chi connectivity index (χ0n) is 18.1. The van der Waals surface area contributed by atoms with Gasteiger partial charge >= 0.3 is 5.97 Å². The van der Waals surface area contributed by atoms with Crippen molar-refractivity contribution in [2.24, 2.45) is 5.92 Å². The summed E-state index contributed by atoms with van der Waals surface area (Å²) in [5, 5.41) is 2.93. The van der Waals surface area contributed by atoms with Crippen molar-refractivity contribution in [3.05, 3.63) is 65.2 Å². The lowest BCUT2D eigenvalue weighted by atomic mass is 10.0. The van der Waals surface area contributed by atoms with Gasteiger partial charge in [-0.1, -0.05) is 42.0 Å². The molecule has 2 unspecified atom stereocenters. The molecule has 1 heterocycles. The Morgan fingerprint density at radius 2 is 1.77 bits per heavy atom. The van der Waals surface area contributed by atoms with E-state index in [1.807, 2.05) is 31.2 Å². The fourth-order valence-corrected chi connectivity index (χ4v) is 3.64. The van der Waals surface area contributed by atoms with Crippen molar-refractivity contribution in [1.82, 2.24) is 10.2 Å². The molecule has 0 spiro atoms. The summed E-state index contributed by atoms with van der Waals surface area (Å²) in [7, 11) is 2.88. The van der Waals surface area contributed by atoms with Crippen LogP contribution in [0.25, 0.3) is 0 Å². The number of nitrogens with one attached hydrogen (secondary N) is 1. The van der Waals surface area contributed by atoms with Crippen LogP contribution in [-0.4, -0.2) is 43.4 Å². The Morgan fingerprint density at radius 1 is 1.10 bits per heavy atom. The number of rotatable bonds is 8. The number of aryl methyl sites for hydroxylation is 1. The maximum Gasteiger partial charge on any atom is 0.307 e. The molecule has 1 aliphatic heterocycles. The smallest absolute Gasteiger partial charge is 0.307 e. The predicted octanol–water partition coefficient (Wildman–Crippen LogP) is 2.77. The maximum atomic E-state index is 12.9. The predicted molar refractivity (Wildman–Crippen MR) is 115 cm³/mol. The number of nitrogens with zero attached hydrogens (tertiary/aromatic N) is 1. The van der Waals surface area contributed by atoms with E-state index in [1.165, 1.54) is 7.11 Å². The molecule has 0 bridgehead atoms. The molecule has 164 valence electrons. The SMILES string of the molecule is COC(=O)CC(NC(=O)C1CC(=O)N(Cc2ccc(C)cc2)C1)c1ccc(OC)cc1. The molecule has 31 heavy (non-hydrogen) atoms. The van der Waals surface area contributed by atoms with E-state index in [0.717, 1.165) is 16.7 Å². The lowest BCUT2D eigenvalue weighted by molar-refractivity contribution is -0.141. The molecule has 1 aliphatic rings. The van der Waals surface area contributed by atoms with E-state index in [0.29, 0.717) is 18.8 Å². The standard InChI is InChI=1S/C24H28N2O5/c1-16-4-6-17(7-5-16)14-26-15-19(12-22(26)27)24(29)25-21(13-23(28)31-3)18-8-10-20(30-2)11-9-18/h4-11,19,21H,12-15H2,1-3H3,(H,25,29). The molecule has 0 saturated carbocycles. The highest BCUT2D eigenvalue weighted by molar-refractivity contribution is 5.89. The minimum Gasteiger partial charge on any atom is -0.497 e. The normalized spacial score (nSPS) is 16.7. The van der Waals surface area contributed by atoms with E-state index in [-0.39, 0.29) is 24.7 Å². The van der Waals surface area contributed by atoms with Crippen LogP contribution < -0.4 is 10.1 Å². The molecule has 1 fully saturated rings. The van der Waals surface area contributed by atoms with Gasteiger partial charge in [-0.2, -0.15) is 0 Å². The Morgan fingerprint density at radius 3 is 2.39 bits per heavy atom. The summed E-state index contributed by atoms with van der Waals surface area (Å²) in [6, 6.07) is 14.6. The molecule has 0 aromatic heterocycles. The van der Waals surface area contributed by atoms with Crippen LogP contribution in [0.15, 0.2) is 48.5 Å². The first-order chi connectivity index (χ1) is 14.9. The van der Waals surface area contributed by atoms with Crippen LogP contribution in [-0.2, 0) is 25.7 Å². The first-order valence-corrected chi connectivity index (χ1v) is 10.2. The number of carbonyl (C=O) groups is 3. The van der Waals surface area contributed by atoms with E-state index in [4.69, 9.17) is 9.47 Å². The molecule has 0 aliphatic carbocycles. The van der Waals surface area contributed by atoms with Crippen LogP contribution >= 0.6 is 0 Å². The number of carbonyl (C=O) groups excluding carboxylic acids is 3. The van der Waals surface area contributed by atoms with Gasteiger partial charge in [0.1, 0.15) is 5.75 Å². The molecule has 2 aromatic rings. The monoisotopic (exact) mass is 424 g/mol. The van der Waals surface area contributed by atoms with Crippen molar-refractivity contribution < 1.29 is 23.9 Å². The number of amides is 2. The van der Waals surface area contributed by atoms with Gasteiger partial charge in [0.05, 0.1) is 32.6 Å². The number of hydrogen-bond acceptors (Lipinski definition) is 5. The molecule has 7 heteroatoms. The minimum absolute atomic E-state index is 0.00230. The van der Waals surface area contributed by atoms with Crippen LogP contribution in [0.4, 0.5) is 0 Å². The van der Waals surface area contributed by atoms with E-state index in [9.17, 15) is 14.4 Å². The number of ether oxygens (including phenoxy) is 2. The molecule has 7 nitrogen and oxygen atoms in total. The van der Waals surface area contributed by atoms with Gasteiger partial charge < -0.3 is 19.7 Å². The number of likely N-dealkylation sites (tertiary alicyclic amines) is 1. The molecule has 1 N–H and O–H groups in total. The molecular weight excluding hydrogens is 396 g/mol. The summed E-state index contributed by atoms with van der Waals surface area (Å²) >= 11 is 0. The first-order valence-electron chi connectivity index (χ1n) is 10.2. The molecular formula is C24H28N2O5. The molecule has 3 rings (SSSR count). The number of esters is 1. The number of benzene rings is 2. The summed E-state index contributed by atoms with van der Waals surface area (Å²) in [6.45, 7) is 2.85. The van der Waals surface area contributed by atoms with Crippen molar-refractivity contribution in [2.45, 2.75) is 32.4 Å². The third-order valence-electron chi connectivity index (χ3n) is 5.51. The zero-order chi connectivity index (χ0) is 22.4. The van der Waals surface area contributed by atoms with Crippen molar-refractivity contribution in [1.29, 1.82) is 0 Å². The Hall–Kier alpha value is -3.35. The fourth-order valence-electron chi connectivity index (χ4n) is 3.64. The summed E-state index contributed by atoms with van der Waals surface area (Å²) < 4.78 is 9.96. The van der Waals surface area contributed by atoms with Crippen molar-refractivity contribution in [3.63, 3.8) is 0 Å². The largest absolute Gasteiger partial charge is 0.497 e. The van der Waals surface area contributed by atoms with Crippen LogP contribution in [0.5, 0.6) is 5.75 Å². The van der Waals surface area contributed by atoms with Crippen LogP contribution in [0, 0.1) is 12.8 Å². The molecule has 0 radical (unpaired) electrons. The summed E-state index contributed by atoms with van der Waals surface area (Å²) in [6.07, 6.45) is 0.160. The zero-order valence-corrected chi connectivity index (χ0v) is 18.1. The van der Waals surface area contributed by atoms with Gasteiger partial charge in [-0.25, -0.2) is 0 Å². The van der Waals surface area contributed by atoms with Crippen LogP contribution in [0.3, 0.4) is 0 Å². The van der Waals surface area contributed by atoms with E-state index >= 15 is 0 Å². The van der Waals surface area contributed by atoms with E-state index < -0.39 is 17.9 Å². The third kappa shape index (κ3) is 5.84. The van der Waals surface area contributed by atoms with Crippen molar-refractivity contribution >= 4 is 17.8 Å². The van der Waals surface area contributed by atoms with Gasteiger partial charge in [-0.05, 0) is 30.2 Å². The van der Waals surface area contributed by atoms with Gasteiger partial charge in [0.15, 0.2) is 0 Å². The minimum atomic E-state index is -0.549. The molecule has 2 aromatic carbocycles. The molecule has 1 saturated heterocycles. The summed E-state index contributed by atoms with van der Waals surface area (Å²) in [5.41, 5.74) is 2.95. The van der Waals surface area contributed by atoms with Crippen molar-refractivity contribution in [3.8, 4) is 5.75 Å². The van der Waals surface area contributed by atoms with Crippen LogP contribution in [0.2, 0.25) is 0 Å². The van der Waals surface area contributed by atoms with Gasteiger partial charge in [-0.15, -0.1) is 0 Å². The third-order valence-corrected chi connectivity index (χ3v) is 5.51. The first kappa shape index (κ1) is 22.3. The van der Waals surface area contributed by atoms with Crippen LogP contribution in [0.1, 0.15) is 35.6 Å². The highest BCUT2D eigenvalue weighted by Crippen LogP contribution is 2.25. The van der Waals surface area contributed by atoms with Gasteiger partial charge in [0.2, 0.25) is 11.8 Å².